The Morgan fingerprint density at radius 2 is 1.73 bits per heavy atom. The molecule has 12 heteroatoms. The Bertz CT molecular complexity index is 727. The zero-order chi connectivity index (χ0) is 22.8. The summed E-state index contributed by atoms with van der Waals surface area (Å²) in [5.41, 5.74) is 6.33. The number of nitrogens with two attached hydrogens (primary N) is 1. The number of nitrogens with one attached hydrogen (secondary N) is 4. The van der Waals surface area contributed by atoms with Gasteiger partial charge in [0.1, 0.15) is 18.1 Å². The number of aliphatic carboxylic acids is 1. The van der Waals surface area contributed by atoms with Gasteiger partial charge in [0.05, 0.1) is 12.4 Å². The number of hydrogen-bond acceptors (Lipinski definition) is 7. The first-order valence-corrected chi connectivity index (χ1v) is 10.2. The number of imidazole rings is 1. The summed E-state index contributed by atoms with van der Waals surface area (Å²) in [7, 11) is 0. The molecule has 0 aliphatic carbocycles. The third-order valence-corrected chi connectivity index (χ3v) is 4.59. The lowest BCUT2D eigenvalue weighted by Crippen LogP contribution is -2.57. The van der Waals surface area contributed by atoms with Crippen molar-refractivity contribution in [3.05, 3.63) is 18.2 Å². The fraction of sp³-hybridized carbons (Fsp3) is 0.611. The van der Waals surface area contributed by atoms with Crippen molar-refractivity contribution in [2.45, 2.75) is 57.8 Å². The minimum absolute atomic E-state index is 0.00545. The predicted octanol–water partition coefficient (Wildman–Crippen LogP) is -1.19. The van der Waals surface area contributed by atoms with Crippen molar-refractivity contribution >= 4 is 36.3 Å². The van der Waals surface area contributed by atoms with E-state index in [-0.39, 0.29) is 18.1 Å². The van der Waals surface area contributed by atoms with Gasteiger partial charge < -0.3 is 31.8 Å². The SMILES string of the molecule is CC(C)CC(N)C(=O)NC(C)C(=O)NC(CS)C(=O)NC(Cc1cnc[nH]1)C(=O)O. The first kappa shape index (κ1) is 25.4. The smallest absolute Gasteiger partial charge is 0.326 e. The molecule has 0 radical (unpaired) electrons. The first-order chi connectivity index (χ1) is 14.0. The van der Waals surface area contributed by atoms with E-state index in [4.69, 9.17) is 5.73 Å². The molecule has 0 aliphatic rings. The van der Waals surface area contributed by atoms with Crippen molar-refractivity contribution in [2.24, 2.45) is 11.7 Å². The van der Waals surface area contributed by atoms with Gasteiger partial charge in [0, 0.05) is 24.1 Å². The number of amides is 3. The zero-order valence-corrected chi connectivity index (χ0v) is 18.1. The molecule has 0 spiro atoms. The van der Waals surface area contributed by atoms with E-state index in [2.05, 4.69) is 38.5 Å². The van der Waals surface area contributed by atoms with Crippen molar-refractivity contribution in [2.75, 3.05) is 5.75 Å². The van der Waals surface area contributed by atoms with Gasteiger partial charge in [0.25, 0.3) is 0 Å². The molecule has 7 N–H and O–H groups in total. The summed E-state index contributed by atoms with van der Waals surface area (Å²) in [6.07, 6.45) is 3.31. The predicted molar refractivity (Wildman–Crippen MR) is 113 cm³/mol. The summed E-state index contributed by atoms with van der Waals surface area (Å²) in [6.45, 7) is 5.31. The number of nitrogens with zero attached hydrogens (tertiary/aromatic N) is 1. The molecule has 1 aromatic rings. The number of aromatic nitrogens is 2. The zero-order valence-electron chi connectivity index (χ0n) is 17.2. The molecule has 11 nitrogen and oxygen atoms in total. The van der Waals surface area contributed by atoms with E-state index in [9.17, 15) is 24.3 Å². The van der Waals surface area contributed by atoms with Gasteiger partial charge in [0.2, 0.25) is 17.7 Å². The van der Waals surface area contributed by atoms with Crippen LogP contribution >= 0.6 is 12.6 Å². The second kappa shape index (κ2) is 12.2. The molecule has 0 aromatic carbocycles. The van der Waals surface area contributed by atoms with Crippen molar-refractivity contribution < 1.29 is 24.3 Å². The summed E-state index contributed by atoms with van der Waals surface area (Å²) >= 11 is 4.05. The van der Waals surface area contributed by atoms with Crippen LogP contribution < -0.4 is 21.7 Å². The minimum Gasteiger partial charge on any atom is -0.480 e. The number of H-pyrrole nitrogens is 1. The molecule has 0 bridgehead atoms. The van der Waals surface area contributed by atoms with E-state index in [0.29, 0.717) is 12.1 Å². The average molecular weight is 443 g/mol. The van der Waals surface area contributed by atoms with Crippen LogP contribution in [-0.2, 0) is 25.6 Å². The molecule has 1 aromatic heterocycles. The second-order valence-corrected chi connectivity index (χ2v) is 7.76. The fourth-order valence-electron chi connectivity index (χ4n) is 2.58. The monoisotopic (exact) mass is 442 g/mol. The third-order valence-electron chi connectivity index (χ3n) is 4.22. The molecule has 0 saturated heterocycles. The number of carbonyl (C=O) groups excluding carboxylic acids is 3. The Hall–Kier alpha value is -2.60. The Labute approximate surface area is 180 Å². The van der Waals surface area contributed by atoms with Crippen molar-refractivity contribution in [3.8, 4) is 0 Å². The Balaban J connectivity index is 2.65. The van der Waals surface area contributed by atoms with Gasteiger partial charge >= 0.3 is 5.97 Å². The van der Waals surface area contributed by atoms with Crippen LogP contribution in [0.3, 0.4) is 0 Å². The number of hydrogen-bond donors (Lipinski definition) is 7. The number of carbonyl (C=O) groups is 4. The molecule has 4 unspecified atom stereocenters. The minimum atomic E-state index is -1.23. The quantitative estimate of drug-likeness (QED) is 0.199. The molecule has 1 heterocycles. The van der Waals surface area contributed by atoms with Crippen molar-refractivity contribution in [1.29, 1.82) is 0 Å². The van der Waals surface area contributed by atoms with E-state index < -0.39 is 47.9 Å². The number of rotatable bonds is 12. The second-order valence-electron chi connectivity index (χ2n) is 7.39. The Morgan fingerprint density at radius 3 is 2.23 bits per heavy atom. The maximum absolute atomic E-state index is 12.5. The molecule has 168 valence electrons. The summed E-state index contributed by atoms with van der Waals surface area (Å²) in [5.74, 6) is -2.88. The lowest BCUT2D eigenvalue weighted by atomic mass is 10.0. The highest BCUT2D eigenvalue weighted by molar-refractivity contribution is 7.80. The standard InChI is InChI=1S/C18H30N6O5S/c1-9(2)4-12(19)16(26)22-10(3)15(25)24-14(7-30)17(27)23-13(18(28)29)5-11-6-20-8-21-11/h6,8-10,12-14,30H,4-5,7,19H2,1-3H3,(H,20,21)(H,22,26)(H,23,27)(H,24,25)(H,28,29). The van der Waals surface area contributed by atoms with E-state index in [0.717, 1.165) is 0 Å². The van der Waals surface area contributed by atoms with Crippen LogP contribution in [0.5, 0.6) is 0 Å². The summed E-state index contributed by atoms with van der Waals surface area (Å²) in [4.78, 5) is 54.9. The van der Waals surface area contributed by atoms with Gasteiger partial charge in [-0.15, -0.1) is 0 Å². The first-order valence-electron chi connectivity index (χ1n) is 9.52. The summed E-state index contributed by atoms with van der Waals surface area (Å²) in [5, 5.41) is 16.7. The normalized spacial score (nSPS) is 15.0. The van der Waals surface area contributed by atoms with Crippen LogP contribution in [-0.4, -0.2) is 68.7 Å². The van der Waals surface area contributed by atoms with Crippen molar-refractivity contribution in [3.63, 3.8) is 0 Å². The van der Waals surface area contributed by atoms with E-state index in [1.54, 1.807) is 0 Å². The Kier molecular flexibility index (Phi) is 10.3. The largest absolute Gasteiger partial charge is 0.480 e. The van der Waals surface area contributed by atoms with Gasteiger partial charge in [-0.05, 0) is 19.3 Å². The molecule has 0 aliphatic heterocycles. The maximum Gasteiger partial charge on any atom is 0.326 e. The van der Waals surface area contributed by atoms with Gasteiger partial charge in [-0.2, -0.15) is 12.6 Å². The van der Waals surface area contributed by atoms with Crippen LogP contribution in [0.25, 0.3) is 0 Å². The molecule has 0 saturated carbocycles. The van der Waals surface area contributed by atoms with E-state index >= 15 is 0 Å². The number of aromatic amines is 1. The molecule has 3 amide bonds. The topological polar surface area (TPSA) is 179 Å². The number of thiol groups is 1. The highest BCUT2D eigenvalue weighted by atomic mass is 32.1. The van der Waals surface area contributed by atoms with Crippen LogP contribution in [0, 0.1) is 5.92 Å². The average Bonchev–Trinajstić information content (AvgIpc) is 3.17. The number of carboxylic acid groups (broad SMARTS) is 1. The third kappa shape index (κ3) is 8.41. The molecule has 1 rings (SSSR count). The molecular weight excluding hydrogens is 412 g/mol. The molecule has 4 atom stereocenters. The molecule has 0 fully saturated rings. The highest BCUT2D eigenvalue weighted by Gasteiger charge is 2.28. The summed E-state index contributed by atoms with van der Waals surface area (Å²) < 4.78 is 0. The lowest BCUT2D eigenvalue weighted by molar-refractivity contribution is -0.142. The fourth-order valence-corrected chi connectivity index (χ4v) is 2.84. The van der Waals surface area contributed by atoms with Gasteiger partial charge in [0.15, 0.2) is 0 Å². The summed E-state index contributed by atoms with van der Waals surface area (Å²) in [6, 6.07) is -3.99. The van der Waals surface area contributed by atoms with Gasteiger partial charge in [-0.3, -0.25) is 14.4 Å². The van der Waals surface area contributed by atoms with Crippen LogP contribution in [0.4, 0.5) is 0 Å². The van der Waals surface area contributed by atoms with Crippen LogP contribution in [0.15, 0.2) is 12.5 Å². The van der Waals surface area contributed by atoms with Gasteiger partial charge in [-0.1, -0.05) is 13.8 Å². The number of carboxylic acids is 1. The Morgan fingerprint density at radius 1 is 1.10 bits per heavy atom. The highest BCUT2D eigenvalue weighted by Crippen LogP contribution is 2.03. The van der Waals surface area contributed by atoms with Crippen LogP contribution in [0.1, 0.15) is 32.9 Å². The maximum atomic E-state index is 12.5. The van der Waals surface area contributed by atoms with Gasteiger partial charge in [-0.25, -0.2) is 9.78 Å². The molecular formula is C18H30N6O5S. The van der Waals surface area contributed by atoms with E-state index in [1.165, 1.54) is 19.4 Å². The van der Waals surface area contributed by atoms with Crippen LogP contribution in [0.2, 0.25) is 0 Å². The lowest BCUT2D eigenvalue weighted by Gasteiger charge is -2.23. The van der Waals surface area contributed by atoms with E-state index in [1.807, 2.05) is 13.8 Å². The molecule has 30 heavy (non-hydrogen) atoms. The van der Waals surface area contributed by atoms with Crippen molar-refractivity contribution in [1.82, 2.24) is 25.9 Å².